The zero-order valence-corrected chi connectivity index (χ0v) is 17.1. The summed E-state index contributed by atoms with van der Waals surface area (Å²) in [4.78, 5) is 32.6. The molecule has 32 heavy (non-hydrogen) atoms. The highest BCUT2D eigenvalue weighted by atomic mass is 16.5. The van der Waals surface area contributed by atoms with Crippen LogP contribution in [0.15, 0.2) is 84.4 Å². The van der Waals surface area contributed by atoms with Gasteiger partial charge >= 0.3 is 5.97 Å². The quantitative estimate of drug-likeness (QED) is 0.219. The number of ether oxygens (including phenoxy) is 2. The molecule has 0 bridgehead atoms. The van der Waals surface area contributed by atoms with Gasteiger partial charge in [0, 0.05) is 18.0 Å². The highest BCUT2D eigenvalue weighted by Crippen LogP contribution is 2.27. The first-order valence-electron chi connectivity index (χ1n) is 9.63. The highest BCUT2D eigenvalue weighted by molar-refractivity contribution is 6.04. The number of carbonyl (C=O) groups excluding carboxylic acids is 2. The standard InChI is InChI=1S/C24H18N4O4/c1-31-18-9-6-17(7-10-18)24(30)32-22-11-8-16-4-2-3-5-19(16)20(22)14-27-28-23(29)21-15-25-12-13-26-21/h2-15H,1H3,(H,28,29). The molecule has 0 spiro atoms. The van der Waals surface area contributed by atoms with E-state index in [1.165, 1.54) is 24.8 Å². The summed E-state index contributed by atoms with van der Waals surface area (Å²) in [6.45, 7) is 0. The Balaban J connectivity index is 1.61. The van der Waals surface area contributed by atoms with Crippen molar-refractivity contribution in [1.29, 1.82) is 0 Å². The van der Waals surface area contributed by atoms with Crippen LogP contribution in [0.4, 0.5) is 0 Å². The Hall–Kier alpha value is -4.59. The molecule has 1 heterocycles. The van der Waals surface area contributed by atoms with Gasteiger partial charge in [0.15, 0.2) is 0 Å². The molecule has 4 rings (SSSR count). The molecule has 1 N–H and O–H groups in total. The molecule has 0 radical (unpaired) electrons. The Kier molecular flexibility index (Phi) is 6.12. The van der Waals surface area contributed by atoms with Gasteiger partial charge in [0.05, 0.1) is 25.1 Å². The minimum Gasteiger partial charge on any atom is -0.497 e. The summed E-state index contributed by atoms with van der Waals surface area (Å²) in [6.07, 6.45) is 5.66. The van der Waals surface area contributed by atoms with Crippen molar-refractivity contribution < 1.29 is 19.1 Å². The molecule has 3 aromatic carbocycles. The summed E-state index contributed by atoms with van der Waals surface area (Å²) in [5, 5.41) is 5.77. The number of hydrogen-bond donors (Lipinski definition) is 1. The van der Waals surface area contributed by atoms with Gasteiger partial charge < -0.3 is 9.47 Å². The predicted octanol–water partition coefficient (Wildman–Crippen LogP) is 3.62. The number of carbonyl (C=O) groups is 2. The smallest absolute Gasteiger partial charge is 0.343 e. The average molecular weight is 426 g/mol. The molecule has 0 saturated carbocycles. The van der Waals surface area contributed by atoms with Crippen LogP contribution >= 0.6 is 0 Å². The van der Waals surface area contributed by atoms with Crippen molar-refractivity contribution in [3.63, 3.8) is 0 Å². The van der Waals surface area contributed by atoms with Gasteiger partial charge in [-0.25, -0.2) is 15.2 Å². The fourth-order valence-electron chi connectivity index (χ4n) is 3.01. The van der Waals surface area contributed by atoms with Crippen molar-refractivity contribution in [2.75, 3.05) is 7.11 Å². The van der Waals surface area contributed by atoms with Crippen LogP contribution < -0.4 is 14.9 Å². The number of hydrazone groups is 1. The van der Waals surface area contributed by atoms with Crippen LogP contribution in [0, 0.1) is 0 Å². The molecule has 0 aliphatic heterocycles. The summed E-state index contributed by atoms with van der Waals surface area (Å²) in [5.41, 5.74) is 3.46. The van der Waals surface area contributed by atoms with E-state index in [0.717, 1.165) is 10.8 Å². The maximum atomic E-state index is 12.7. The highest BCUT2D eigenvalue weighted by Gasteiger charge is 2.14. The Morgan fingerprint density at radius 1 is 1.00 bits per heavy atom. The third kappa shape index (κ3) is 4.59. The molecule has 8 nitrogen and oxygen atoms in total. The number of hydrogen-bond acceptors (Lipinski definition) is 7. The Morgan fingerprint density at radius 3 is 2.56 bits per heavy atom. The molecule has 0 unspecified atom stereocenters. The zero-order chi connectivity index (χ0) is 22.3. The maximum Gasteiger partial charge on any atom is 0.343 e. The fourth-order valence-corrected chi connectivity index (χ4v) is 3.01. The Bertz CT molecular complexity index is 1290. The van der Waals surface area contributed by atoms with Gasteiger partial charge in [-0.15, -0.1) is 0 Å². The molecular weight excluding hydrogens is 408 g/mol. The molecule has 1 amide bonds. The first-order valence-corrected chi connectivity index (χ1v) is 9.63. The molecule has 0 aliphatic rings. The molecule has 0 aliphatic carbocycles. The largest absolute Gasteiger partial charge is 0.497 e. The number of esters is 1. The van der Waals surface area contributed by atoms with Crippen LogP contribution in [-0.4, -0.2) is 35.2 Å². The van der Waals surface area contributed by atoms with E-state index in [9.17, 15) is 9.59 Å². The van der Waals surface area contributed by atoms with E-state index >= 15 is 0 Å². The van der Waals surface area contributed by atoms with Gasteiger partial charge in [0.25, 0.3) is 5.91 Å². The minimum atomic E-state index is -0.527. The van der Waals surface area contributed by atoms with E-state index in [1.54, 1.807) is 37.4 Å². The number of fused-ring (bicyclic) bond motifs is 1. The Morgan fingerprint density at radius 2 is 1.81 bits per heavy atom. The van der Waals surface area contributed by atoms with Gasteiger partial charge in [0.1, 0.15) is 17.2 Å². The molecule has 158 valence electrons. The van der Waals surface area contributed by atoms with Crippen molar-refractivity contribution in [1.82, 2.24) is 15.4 Å². The van der Waals surface area contributed by atoms with Crippen LogP contribution in [-0.2, 0) is 0 Å². The summed E-state index contributed by atoms with van der Waals surface area (Å²) in [5.74, 6) is -0.0894. The number of methoxy groups -OCH3 is 1. The normalized spacial score (nSPS) is 10.8. The molecule has 8 heteroatoms. The second-order valence-corrected chi connectivity index (χ2v) is 6.61. The SMILES string of the molecule is COc1ccc(C(=O)Oc2ccc3ccccc3c2C=NNC(=O)c2cnccn2)cc1. The first kappa shape index (κ1) is 20.7. The lowest BCUT2D eigenvalue weighted by atomic mass is 10.0. The van der Waals surface area contributed by atoms with Crippen LogP contribution in [0.25, 0.3) is 10.8 Å². The maximum absolute atomic E-state index is 12.7. The monoisotopic (exact) mass is 426 g/mol. The van der Waals surface area contributed by atoms with E-state index in [0.29, 0.717) is 22.6 Å². The van der Waals surface area contributed by atoms with Gasteiger partial charge in [-0.3, -0.25) is 9.78 Å². The lowest BCUT2D eigenvalue weighted by molar-refractivity contribution is 0.0734. The van der Waals surface area contributed by atoms with Crippen molar-refractivity contribution >= 4 is 28.9 Å². The minimum absolute atomic E-state index is 0.133. The van der Waals surface area contributed by atoms with Crippen LogP contribution in [0.3, 0.4) is 0 Å². The number of rotatable bonds is 6. The second-order valence-electron chi connectivity index (χ2n) is 6.61. The van der Waals surface area contributed by atoms with Gasteiger partial charge in [0.2, 0.25) is 0 Å². The van der Waals surface area contributed by atoms with Gasteiger partial charge in [-0.1, -0.05) is 30.3 Å². The van der Waals surface area contributed by atoms with Crippen molar-refractivity contribution in [2.24, 2.45) is 5.10 Å². The predicted molar refractivity (Wildman–Crippen MR) is 119 cm³/mol. The lowest BCUT2D eigenvalue weighted by Crippen LogP contribution is -2.19. The summed E-state index contributed by atoms with van der Waals surface area (Å²) >= 11 is 0. The molecule has 0 atom stereocenters. The van der Waals surface area contributed by atoms with Crippen LogP contribution in [0.5, 0.6) is 11.5 Å². The third-order valence-electron chi connectivity index (χ3n) is 4.61. The summed E-state index contributed by atoms with van der Waals surface area (Å²) in [7, 11) is 1.55. The summed E-state index contributed by atoms with van der Waals surface area (Å²) in [6, 6.07) is 17.7. The fraction of sp³-hybridized carbons (Fsp3) is 0.0417. The van der Waals surface area contributed by atoms with Crippen LogP contribution in [0.2, 0.25) is 0 Å². The topological polar surface area (TPSA) is 103 Å². The van der Waals surface area contributed by atoms with E-state index in [-0.39, 0.29) is 5.69 Å². The van der Waals surface area contributed by atoms with Crippen molar-refractivity contribution in [3.8, 4) is 11.5 Å². The molecule has 1 aromatic heterocycles. The number of benzene rings is 3. The zero-order valence-electron chi connectivity index (χ0n) is 17.1. The van der Waals surface area contributed by atoms with Crippen LogP contribution in [0.1, 0.15) is 26.4 Å². The molecule has 0 fully saturated rings. The first-order chi connectivity index (χ1) is 15.7. The number of aromatic nitrogens is 2. The number of nitrogens with one attached hydrogen (secondary N) is 1. The lowest BCUT2D eigenvalue weighted by Gasteiger charge is -2.11. The van der Waals surface area contributed by atoms with Crippen molar-refractivity contribution in [3.05, 3.63) is 96.1 Å². The Labute approximate surface area is 183 Å². The second kappa shape index (κ2) is 9.48. The number of nitrogens with zero attached hydrogens (tertiary/aromatic N) is 3. The van der Waals surface area contributed by atoms with Gasteiger partial charge in [-0.2, -0.15) is 5.10 Å². The third-order valence-corrected chi connectivity index (χ3v) is 4.61. The average Bonchev–Trinajstić information content (AvgIpc) is 2.85. The van der Waals surface area contributed by atoms with E-state index in [4.69, 9.17) is 9.47 Å². The number of amides is 1. The molecular formula is C24H18N4O4. The molecule has 0 saturated heterocycles. The summed E-state index contributed by atoms with van der Waals surface area (Å²) < 4.78 is 10.8. The van der Waals surface area contributed by atoms with E-state index < -0.39 is 11.9 Å². The van der Waals surface area contributed by atoms with Crippen molar-refractivity contribution in [2.45, 2.75) is 0 Å². The molecule has 4 aromatic rings. The van der Waals surface area contributed by atoms with E-state index in [1.807, 2.05) is 30.3 Å². The van der Waals surface area contributed by atoms with Gasteiger partial charge in [-0.05, 0) is 41.1 Å². The van der Waals surface area contributed by atoms with E-state index in [2.05, 4.69) is 20.5 Å².